The summed E-state index contributed by atoms with van der Waals surface area (Å²) in [5.74, 6) is 0.469. The van der Waals surface area contributed by atoms with Crippen LogP contribution in [0.4, 0.5) is 5.69 Å². The van der Waals surface area contributed by atoms with Crippen molar-refractivity contribution in [1.82, 2.24) is 19.2 Å². The van der Waals surface area contributed by atoms with Crippen molar-refractivity contribution in [2.75, 3.05) is 12.4 Å². The number of rotatable bonds is 6. The Bertz CT molecular complexity index is 1480. The summed E-state index contributed by atoms with van der Waals surface area (Å²) < 4.78 is 33.7. The van der Waals surface area contributed by atoms with Crippen LogP contribution in [0.15, 0.2) is 60.0 Å². The SMILES string of the molecule is COc1cc2ncc(-n3cc(NC(=O)Cc4ccccc4Cl)cn3)n2cc1S(=O)(=O)C(C)(C)C. The number of ether oxygens (including phenoxy) is 1. The first-order chi connectivity index (χ1) is 16.0. The van der Waals surface area contributed by atoms with E-state index in [4.69, 9.17) is 16.3 Å². The number of anilines is 1. The molecule has 11 heteroatoms. The van der Waals surface area contributed by atoms with Gasteiger partial charge in [-0.3, -0.25) is 9.20 Å². The lowest BCUT2D eigenvalue weighted by atomic mass is 10.1. The Morgan fingerprint density at radius 3 is 2.59 bits per heavy atom. The molecule has 0 radical (unpaired) electrons. The molecule has 0 aliphatic rings. The highest BCUT2D eigenvalue weighted by Crippen LogP contribution is 2.33. The lowest BCUT2D eigenvalue weighted by Crippen LogP contribution is -2.28. The van der Waals surface area contributed by atoms with E-state index in [1.165, 1.54) is 24.2 Å². The maximum Gasteiger partial charge on any atom is 0.228 e. The smallest absolute Gasteiger partial charge is 0.228 e. The molecule has 0 aliphatic heterocycles. The van der Waals surface area contributed by atoms with E-state index < -0.39 is 14.6 Å². The van der Waals surface area contributed by atoms with Crippen LogP contribution in [0.5, 0.6) is 5.75 Å². The number of benzene rings is 1. The number of hydrogen-bond acceptors (Lipinski definition) is 6. The fourth-order valence-electron chi connectivity index (χ4n) is 3.37. The normalized spacial score (nSPS) is 12.1. The number of imidazole rings is 1. The van der Waals surface area contributed by atoms with Crippen molar-refractivity contribution in [3.8, 4) is 11.6 Å². The maximum atomic E-state index is 13.2. The molecule has 0 bridgehead atoms. The summed E-state index contributed by atoms with van der Waals surface area (Å²) in [6.45, 7) is 4.89. The first-order valence-corrected chi connectivity index (χ1v) is 12.3. The number of halogens is 1. The molecule has 0 aliphatic carbocycles. The summed E-state index contributed by atoms with van der Waals surface area (Å²) in [5, 5.41) is 7.62. The van der Waals surface area contributed by atoms with Crippen molar-refractivity contribution in [3.63, 3.8) is 0 Å². The Balaban J connectivity index is 1.66. The maximum absolute atomic E-state index is 13.2. The number of nitrogens with one attached hydrogen (secondary N) is 1. The van der Waals surface area contributed by atoms with Gasteiger partial charge in [-0.1, -0.05) is 29.8 Å². The van der Waals surface area contributed by atoms with Crippen molar-refractivity contribution < 1.29 is 17.9 Å². The summed E-state index contributed by atoms with van der Waals surface area (Å²) in [5.41, 5.74) is 1.68. The number of carbonyl (C=O) groups excluding carboxylic acids is 1. The molecule has 3 aromatic heterocycles. The number of carbonyl (C=O) groups is 1. The van der Waals surface area contributed by atoms with Crippen molar-refractivity contribution in [1.29, 1.82) is 0 Å². The third-order valence-corrected chi connectivity index (χ3v) is 8.15. The van der Waals surface area contributed by atoms with Gasteiger partial charge < -0.3 is 10.1 Å². The molecule has 0 saturated carbocycles. The lowest BCUT2D eigenvalue weighted by molar-refractivity contribution is -0.115. The molecular formula is C23H24ClN5O4S. The molecule has 4 rings (SSSR count). The molecule has 9 nitrogen and oxygen atoms in total. The van der Waals surface area contributed by atoms with E-state index in [2.05, 4.69) is 15.4 Å². The average Bonchev–Trinajstić information content (AvgIpc) is 3.39. The summed E-state index contributed by atoms with van der Waals surface area (Å²) in [6.07, 6.45) is 6.28. The van der Waals surface area contributed by atoms with Crippen LogP contribution in [0.3, 0.4) is 0 Å². The van der Waals surface area contributed by atoms with Gasteiger partial charge in [-0.05, 0) is 32.4 Å². The van der Waals surface area contributed by atoms with Gasteiger partial charge in [-0.25, -0.2) is 18.1 Å². The molecule has 1 N–H and O–H groups in total. The van der Waals surface area contributed by atoms with Gasteiger partial charge in [-0.2, -0.15) is 5.10 Å². The zero-order valence-electron chi connectivity index (χ0n) is 19.1. The monoisotopic (exact) mass is 501 g/mol. The van der Waals surface area contributed by atoms with E-state index in [9.17, 15) is 13.2 Å². The van der Waals surface area contributed by atoms with Crippen LogP contribution in [0.1, 0.15) is 26.3 Å². The fourth-order valence-corrected chi connectivity index (χ4v) is 4.88. The van der Waals surface area contributed by atoms with E-state index in [1.807, 2.05) is 6.07 Å². The Hall–Kier alpha value is -3.37. The Morgan fingerprint density at radius 2 is 1.91 bits per heavy atom. The van der Waals surface area contributed by atoms with E-state index in [1.54, 1.807) is 61.8 Å². The van der Waals surface area contributed by atoms with Crippen molar-refractivity contribution in [2.45, 2.75) is 36.8 Å². The van der Waals surface area contributed by atoms with Gasteiger partial charge in [0.15, 0.2) is 15.7 Å². The van der Waals surface area contributed by atoms with Crippen LogP contribution in [0, 0.1) is 0 Å². The molecule has 3 heterocycles. The second kappa shape index (κ2) is 8.77. The molecule has 1 aromatic carbocycles. The first-order valence-electron chi connectivity index (χ1n) is 10.4. The predicted octanol–water partition coefficient (Wildman–Crippen LogP) is 3.94. The quantitative estimate of drug-likeness (QED) is 0.429. The minimum Gasteiger partial charge on any atom is -0.495 e. The number of aromatic nitrogens is 4. The molecule has 4 aromatic rings. The number of fused-ring (bicyclic) bond motifs is 1. The zero-order chi connectivity index (χ0) is 24.7. The molecule has 1 amide bonds. The number of pyridine rings is 1. The van der Waals surface area contributed by atoms with Crippen LogP contribution >= 0.6 is 11.6 Å². The van der Waals surface area contributed by atoms with E-state index in [0.717, 1.165) is 5.56 Å². The summed E-state index contributed by atoms with van der Waals surface area (Å²) >= 11 is 6.14. The summed E-state index contributed by atoms with van der Waals surface area (Å²) in [7, 11) is -2.28. The van der Waals surface area contributed by atoms with Gasteiger partial charge in [0.25, 0.3) is 0 Å². The number of amides is 1. The van der Waals surface area contributed by atoms with Crippen LogP contribution in [-0.2, 0) is 21.1 Å². The zero-order valence-corrected chi connectivity index (χ0v) is 20.7. The van der Waals surface area contributed by atoms with E-state index >= 15 is 0 Å². The molecular weight excluding hydrogens is 478 g/mol. The lowest BCUT2D eigenvalue weighted by Gasteiger charge is -2.21. The standard InChI is InChI=1S/C23H24ClN5O4S/c1-23(2,3)34(31,32)19-14-28-20(10-18(19)33-4)25-12-22(28)29-13-16(11-26-29)27-21(30)9-15-7-5-6-8-17(15)24/h5-8,10-14H,9H2,1-4H3,(H,27,30). The largest absolute Gasteiger partial charge is 0.495 e. The molecule has 34 heavy (non-hydrogen) atoms. The van der Waals surface area contributed by atoms with Gasteiger partial charge in [0.1, 0.15) is 16.3 Å². The minimum absolute atomic E-state index is 0.0506. The highest BCUT2D eigenvalue weighted by molar-refractivity contribution is 7.92. The molecule has 0 atom stereocenters. The number of nitrogens with zero attached hydrogens (tertiary/aromatic N) is 4. The number of hydrogen-bond donors (Lipinski definition) is 1. The van der Waals surface area contributed by atoms with Crippen LogP contribution in [0.2, 0.25) is 5.02 Å². The third kappa shape index (κ3) is 4.38. The fraction of sp³-hybridized carbons (Fsp3) is 0.261. The third-order valence-electron chi connectivity index (χ3n) is 5.28. The Kier molecular flexibility index (Phi) is 6.13. The van der Waals surface area contributed by atoms with Gasteiger partial charge in [0.2, 0.25) is 5.91 Å². The summed E-state index contributed by atoms with van der Waals surface area (Å²) in [6, 6.07) is 8.72. The Morgan fingerprint density at radius 1 is 1.18 bits per heavy atom. The van der Waals surface area contributed by atoms with Gasteiger partial charge in [0, 0.05) is 17.3 Å². The molecule has 0 unspecified atom stereocenters. The van der Waals surface area contributed by atoms with Crippen LogP contribution in [-0.4, -0.2) is 45.3 Å². The van der Waals surface area contributed by atoms with Crippen molar-refractivity contribution in [3.05, 3.63) is 65.7 Å². The van der Waals surface area contributed by atoms with Gasteiger partial charge >= 0.3 is 0 Å². The van der Waals surface area contributed by atoms with Gasteiger partial charge in [-0.15, -0.1) is 0 Å². The predicted molar refractivity (Wildman–Crippen MR) is 130 cm³/mol. The van der Waals surface area contributed by atoms with E-state index in [-0.39, 0.29) is 23.0 Å². The second-order valence-corrected chi connectivity index (χ2v) is 11.7. The van der Waals surface area contributed by atoms with E-state index in [0.29, 0.717) is 22.2 Å². The topological polar surface area (TPSA) is 108 Å². The summed E-state index contributed by atoms with van der Waals surface area (Å²) in [4.78, 5) is 16.9. The van der Waals surface area contributed by atoms with Gasteiger partial charge in [0.05, 0.1) is 42.6 Å². The molecule has 178 valence electrons. The Labute approximate surface area is 202 Å². The average molecular weight is 502 g/mol. The minimum atomic E-state index is -3.70. The number of sulfone groups is 1. The van der Waals surface area contributed by atoms with Crippen LogP contribution in [0.25, 0.3) is 11.5 Å². The van der Waals surface area contributed by atoms with Crippen LogP contribution < -0.4 is 10.1 Å². The second-order valence-electron chi connectivity index (χ2n) is 8.66. The molecule has 0 fully saturated rings. The molecule has 0 spiro atoms. The highest BCUT2D eigenvalue weighted by atomic mass is 35.5. The first kappa shape index (κ1) is 23.8. The van der Waals surface area contributed by atoms with Crippen molar-refractivity contribution in [2.24, 2.45) is 0 Å². The number of methoxy groups -OCH3 is 1. The van der Waals surface area contributed by atoms with Crippen molar-refractivity contribution >= 4 is 38.7 Å². The highest BCUT2D eigenvalue weighted by Gasteiger charge is 2.34. The molecule has 0 saturated heterocycles.